The lowest BCUT2D eigenvalue weighted by atomic mass is 9.98. The van der Waals surface area contributed by atoms with E-state index in [0.717, 1.165) is 6.04 Å². The zero-order chi connectivity index (χ0) is 6.97. The van der Waals surface area contributed by atoms with E-state index in [2.05, 4.69) is 11.5 Å². The monoisotopic (exact) mass is 137 g/mol. The Bertz CT molecular complexity index is 151. The maximum atomic E-state index is 4.12. The number of piperidine rings is 1. The van der Waals surface area contributed by atoms with Gasteiger partial charge in [-0.15, -0.1) is 0 Å². The minimum absolute atomic E-state index is 0.772. The van der Waals surface area contributed by atoms with Crippen LogP contribution in [0.5, 0.6) is 0 Å². The van der Waals surface area contributed by atoms with Gasteiger partial charge in [0.15, 0.2) is 0 Å². The Morgan fingerprint density at radius 1 is 1.30 bits per heavy atom. The molecule has 1 atom stereocenters. The highest BCUT2D eigenvalue weighted by atomic mass is 15.2. The summed E-state index contributed by atoms with van der Waals surface area (Å²) in [7, 11) is 0. The molecule has 2 rings (SSSR count). The van der Waals surface area contributed by atoms with E-state index in [1.807, 2.05) is 0 Å². The Morgan fingerprint density at radius 2 is 2.10 bits per heavy atom. The Balaban J connectivity index is 2.10. The second-order valence-electron chi connectivity index (χ2n) is 3.46. The van der Waals surface area contributed by atoms with E-state index in [0.29, 0.717) is 0 Å². The van der Waals surface area contributed by atoms with Crippen LogP contribution in [0, 0.1) is 0 Å². The molecule has 2 aliphatic rings. The van der Waals surface area contributed by atoms with E-state index in [4.69, 9.17) is 0 Å². The third-order valence-electron chi connectivity index (χ3n) is 2.78. The Morgan fingerprint density at radius 3 is 2.90 bits per heavy atom. The minimum Gasteiger partial charge on any atom is -0.297 e. The van der Waals surface area contributed by atoms with Gasteiger partial charge in [0.25, 0.3) is 0 Å². The van der Waals surface area contributed by atoms with Crippen LogP contribution >= 0.6 is 0 Å². The van der Waals surface area contributed by atoms with Crippen molar-refractivity contribution in [1.82, 2.24) is 4.90 Å². The first-order valence-electron chi connectivity index (χ1n) is 4.29. The lowest BCUT2D eigenvalue weighted by Gasteiger charge is -2.31. The van der Waals surface area contributed by atoms with Crippen LogP contribution in [0.3, 0.4) is 0 Å². The SMILES string of the molecule is C=C1CCCN2CCCC12. The second-order valence-corrected chi connectivity index (χ2v) is 3.46. The number of fused-ring (bicyclic) bond motifs is 1. The fourth-order valence-corrected chi connectivity index (χ4v) is 2.23. The molecule has 2 heterocycles. The molecule has 2 saturated heterocycles. The summed E-state index contributed by atoms with van der Waals surface area (Å²) in [6.07, 6.45) is 5.39. The number of rotatable bonds is 0. The van der Waals surface area contributed by atoms with Gasteiger partial charge < -0.3 is 0 Å². The molecule has 0 radical (unpaired) electrons. The highest BCUT2D eigenvalue weighted by molar-refractivity contribution is 5.11. The Hall–Kier alpha value is -0.300. The van der Waals surface area contributed by atoms with Crippen LogP contribution in [0.15, 0.2) is 12.2 Å². The van der Waals surface area contributed by atoms with Crippen molar-refractivity contribution in [2.24, 2.45) is 0 Å². The molecular weight excluding hydrogens is 122 g/mol. The molecule has 2 fully saturated rings. The molecule has 0 bridgehead atoms. The summed E-state index contributed by atoms with van der Waals surface area (Å²) in [5.41, 5.74) is 1.49. The third-order valence-corrected chi connectivity index (χ3v) is 2.78. The highest BCUT2D eigenvalue weighted by Gasteiger charge is 2.28. The standard InChI is InChI=1S/C9H15N/c1-8-4-2-6-10-7-3-5-9(8)10/h9H,1-7H2. The van der Waals surface area contributed by atoms with Gasteiger partial charge in [-0.2, -0.15) is 0 Å². The molecular formula is C9H15N. The summed E-state index contributed by atoms with van der Waals surface area (Å²) >= 11 is 0. The van der Waals surface area contributed by atoms with Crippen LogP contribution in [0.2, 0.25) is 0 Å². The molecule has 2 aliphatic heterocycles. The van der Waals surface area contributed by atoms with Crippen molar-refractivity contribution >= 4 is 0 Å². The highest BCUT2D eigenvalue weighted by Crippen LogP contribution is 2.29. The second kappa shape index (κ2) is 2.39. The molecule has 1 heteroatoms. The van der Waals surface area contributed by atoms with Crippen LogP contribution in [-0.4, -0.2) is 24.0 Å². The normalized spacial score (nSPS) is 34.4. The molecule has 1 nitrogen and oxygen atoms in total. The summed E-state index contributed by atoms with van der Waals surface area (Å²) in [5.74, 6) is 0. The zero-order valence-electron chi connectivity index (χ0n) is 6.47. The topological polar surface area (TPSA) is 3.24 Å². The van der Waals surface area contributed by atoms with Crippen molar-refractivity contribution in [3.8, 4) is 0 Å². The molecule has 0 aromatic rings. The molecule has 10 heavy (non-hydrogen) atoms. The summed E-state index contributed by atoms with van der Waals surface area (Å²) in [4.78, 5) is 2.59. The molecule has 1 unspecified atom stereocenters. The predicted molar refractivity (Wildman–Crippen MR) is 43.0 cm³/mol. The van der Waals surface area contributed by atoms with Gasteiger partial charge in [0.1, 0.15) is 0 Å². The average molecular weight is 137 g/mol. The fourth-order valence-electron chi connectivity index (χ4n) is 2.23. The summed E-state index contributed by atoms with van der Waals surface area (Å²) < 4.78 is 0. The van der Waals surface area contributed by atoms with Gasteiger partial charge in [-0.1, -0.05) is 12.2 Å². The van der Waals surface area contributed by atoms with Crippen LogP contribution in [0.4, 0.5) is 0 Å². The van der Waals surface area contributed by atoms with Crippen molar-refractivity contribution in [3.05, 3.63) is 12.2 Å². The smallest absolute Gasteiger partial charge is 0.0305 e. The van der Waals surface area contributed by atoms with Gasteiger partial charge in [0.2, 0.25) is 0 Å². The van der Waals surface area contributed by atoms with Crippen molar-refractivity contribution in [3.63, 3.8) is 0 Å². The Kier molecular flexibility index (Phi) is 1.53. The van der Waals surface area contributed by atoms with E-state index in [1.54, 1.807) is 0 Å². The molecule has 0 N–H and O–H groups in total. The number of hydrogen-bond acceptors (Lipinski definition) is 1. The minimum atomic E-state index is 0.772. The number of nitrogens with zero attached hydrogens (tertiary/aromatic N) is 1. The average Bonchev–Trinajstić information content (AvgIpc) is 2.36. The molecule has 0 aromatic heterocycles. The van der Waals surface area contributed by atoms with Crippen LogP contribution in [0.25, 0.3) is 0 Å². The molecule has 0 aliphatic carbocycles. The van der Waals surface area contributed by atoms with Crippen LogP contribution < -0.4 is 0 Å². The predicted octanol–water partition coefficient (Wildman–Crippen LogP) is 1.80. The van der Waals surface area contributed by atoms with Crippen molar-refractivity contribution in [1.29, 1.82) is 0 Å². The quantitative estimate of drug-likeness (QED) is 0.460. The number of hydrogen-bond donors (Lipinski definition) is 0. The van der Waals surface area contributed by atoms with Gasteiger partial charge in [0.05, 0.1) is 0 Å². The van der Waals surface area contributed by atoms with Gasteiger partial charge in [-0.25, -0.2) is 0 Å². The molecule has 0 spiro atoms. The van der Waals surface area contributed by atoms with Crippen LogP contribution in [-0.2, 0) is 0 Å². The van der Waals surface area contributed by atoms with E-state index < -0.39 is 0 Å². The molecule has 0 amide bonds. The first-order chi connectivity index (χ1) is 4.88. The van der Waals surface area contributed by atoms with Gasteiger partial charge in [-0.05, 0) is 38.8 Å². The van der Waals surface area contributed by atoms with Gasteiger partial charge in [-0.3, -0.25) is 4.90 Å². The van der Waals surface area contributed by atoms with E-state index in [9.17, 15) is 0 Å². The van der Waals surface area contributed by atoms with Gasteiger partial charge in [0, 0.05) is 6.04 Å². The molecule has 0 saturated carbocycles. The van der Waals surface area contributed by atoms with Crippen molar-refractivity contribution in [2.45, 2.75) is 31.7 Å². The Labute approximate surface area is 62.7 Å². The first kappa shape index (κ1) is 6.41. The largest absolute Gasteiger partial charge is 0.297 e. The van der Waals surface area contributed by atoms with Crippen molar-refractivity contribution < 1.29 is 0 Å². The first-order valence-corrected chi connectivity index (χ1v) is 4.29. The summed E-state index contributed by atoms with van der Waals surface area (Å²) in [6, 6.07) is 0.772. The van der Waals surface area contributed by atoms with Crippen molar-refractivity contribution in [2.75, 3.05) is 13.1 Å². The lowest BCUT2D eigenvalue weighted by molar-refractivity contribution is 0.246. The summed E-state index contributed by atoms with van der Waals surface area (Å²) in [5, 5.41) is 0. The van der Waals surface area contributed by atoms with E-state index in [-0.39, 0.29) is 0 Å². The molecule has 0 aromatic carbocycles. The lowest BCUT2D eigenvalue weighted by Crippen LogP contribution is -2.35. The van der Waals surface area contributed by atoms with Crippen LogP contribution in [0.1, 0.15) is 25.7 Å². The maximum absolute atomic E-state index is 4.12. The zero-order valence-corrected chi connectivity index (χ0v) is 6.47. The fraction of sp³-hybridized carbons (Fsp3) is 0.778. The third kappa shape index (κ3) is 0.891. The van der Waals surface area contributed by atoms with E-state index >= 15 is 0 Å². The molecule has 56 valence electrons. The van der Waals surface area contributed by atoms with Gasteiger partial charge >= 0.3 is 0 Å². The summed E-state index contributed by atoms with van der Waals surface area (Å²) in [6.45, 7) is 6.76. The van der Waals surface area contributed by atoms with E-state index in [1.165, 1.54) is 44.3 Å². The maximum Gasteiger partial charge on any atom is 0.0305 e.